The predicted molar refractivity (Wildman–Crippen MR) is 101 cm³/mol. The largest absolute Gasteiger partial charge is 0.338 e. The summed E-state index contributed by atoms with van der Waals surface area (Å²) in [5.74, 6) is 0.292. The molecule has 6 heteroatoms. The summed E-state index contributed by atoms with van der Waals surface area (Å²) in [6.07, 6.45) is 2.44. The minimum atomic E-state index is -0.0516. The van der Waals surface area contributed by atoms with E-state index in [2.05, 4.69) is 13.8 Å². The molecule has 5 nitrogen and oxygen atoms in total. The summed E-state index contributed by atoms with van der Waals surface area (Å²) in [6.45, 7) is 7.12. The van der Waals surface area contributed by atoms with E-state index in [4.69, 9.17) is 5.73 Å². The Morgan fingerprint density at radius 2 is 1.92 bits per heavy atom. The summed E-state index contributed by atoms with van der Waals surface area (Å²) in [7, 11) is 0. The van der Waals surface area contributed by atoms with Gasteiger partial charge in [0.25, 0.3) is 5.91 Å². The highest BCUT2D eigenvalue weighted by Gasteiger charge is 2.35. The van der Waals surface area contributed by atoms with Gasteiger partial charge in [0.1, 0.15) is 0 Å². The second-order valence-corrected chi connectivity index (χ2v) is 7.73. The normalized spacial score (nSPS) is 22.7. The van der Waals surface area contributed by atoms with Crippen molar-refractivity contribution in [1.82, 2.24) is 9.80 Å². The number of hydrogen-bond acceptors (Lipinski definition) is 3. The van der Waals surface area contributed by atoms with Crippen molar-refractivity contribution in [2.24, 2.45) is 11.1 Å². The number of carbonyl (C=O) groups excluding carboxylic acids is 2. The fourth-order valence-electron chi connectivity index (χ4n) is 3.57. The quantitative estimate of drug-likeness (QED) is 0.894. The molecule has 2 heterocycles. The zero-order chi connectivity index (χ0) is 17.3. The molecule has 2 saturated heterocycles. The molecule has 3 rings (SSSR count). The number of hydrogen-bond donors (Lipinski definition) is 1. The van der Waals surface area contributed by atoms with Gasteiger partial charge in [0.2, 0.25) is 5.91 Å². The Morgan fingerprint density at radius 1 is 1.24 bits per heavy atom. The molecule has 138 valence electrons. The second-order valence-electron chi connectivity index (χ2n) is 7.73. The van der Waals surface area contributed by atoms with E-state index < -0.39 is 0 Å². The lowest BCUT2D eigenvalue weighted by Crippen LogP contribution is -2.53. The van der Waals surface area contributed by atoms with Crippen LogP contribution in [0.1, 0.15) is 49.0 Å². The lowest BCUT2D eigenvalue weighted by atomic mass is 9.79. The third-order valence-electron chi connectivity index (χ3n) is 5.35. The average molecular weight is 366 g/mol. The van der Waals surface area contributed by atoms with Crippen molar-refractivity contribution >= 4 is 24.2 Å². The first kappa shape index (κ1) is 19.7. The Hall–Kier alpha value is -1.59. The molecular formula is C19H28ClN3O2. The average Bonchev–Trinajstić information content (AvgIpc) is 2.95. The number of nitrogens with two attached hydrogens (primary N) is 1. The fourth-order valence-corrected chi connectivity index (χ4v) is 3.57. The first-order chi connectivity index (χ1) is 11.4. The zero-order valence-electron chi connectivity index (χ0n) is 15.0. The van der Waals surface area contributed by atoms with Crippen molar-refractivity contribution in [3.63, 3.8) is 0 Å². The molecule has 0 bridgehead atoms. The molecule has 2 N–H and O–H groups in total. The van der Waals surface area contributed by atoms with Crippen LogP contribution in [0.15, 0.2) is 24.3 Å². The third kappa shape index (κ3) is 4.33. The topological polar surface area (TPSA) is 66.6 Å². The highest BCUT2D eigenvalue weighted by molar-refractivity contribution is 5.94. The number of benzene rings is 1. The lowest BCUT2D eigenvalue weighted by Gasteiger charge is -2.42. The van der Waals surface area contributed by atoms with Crippen molar-refractivity contribution in [2.75, 3.05) is 19.6 Å². The van der Waals surface area contributed by atoms with E-state index in [-0.39, 0.29) is 35.7 Å². The van der Waals surface area contributed by atoms with Crippen molar-refractivity contribution < 1.29 is 9.59 Å². The Labute approximate surface area is 155 Å². The summed E-state index contributed by atoms with van der Waals surface area (Å²) in [5, 5.41) is 0. The summed E-state index contributed by atoms with van der Waals surface area (Å²) >= 11 is 0. The van der Waals surface area contributed by atoms with E-state index in [1.54, 1.807) is 0 Å². The van der Waals surface area contributed by atoms with Gasteiger partial charge in [0, 0.05) is 44.2 Å². The molecule has 0 aliphatic carbocycles. The molecule has 2 aliphatic rings. The molecule has 1 aromatic rings. The number of amides is 2. The predicted octanol–water partition coefficient (Wildman–Crippen LogP) is 2.43. The number of nitrogens with zero attached hydrogens (tertiary/aromatic N) is 2. The monoisotopic (exact) mass is 365 g/mol. The number of likely N-dealkylation sites (tertiary alicyclic amines) is 2. The fraction of sp³-hybridized carbons (Fsp3) is 0.579. The Morgan fingerprint density at radius 3 is 2.48 bits per heavy atom. The van der Waals surface area contributed by atoms with Gasteiger partial charge in [-0.15, -0.1) is 12.4 Å². The van der Waals surface area contributed by atoms with E-state index in [1.807, 2.05) is 34.1 Å². The summed E-state index contributed by atoms with van der Waals surface area (Å²) in [4.78, 5) is 28.2. The first-order valence-corrected chi connectivity index (χ1v) is 8.78. The smallest absolute Gasteiger partial charge is 0.253 e. The van der Waals surface area contributed by atoms with Crippen LogP contribution in [0.25, 0.3) is 0 Å². The first-order valence-electron chi connectivity index (χ1n) is 8.78. The molecule has 25 heavy (non-hydrogen) atoms. The number of halogens is 1. The van der Waals surface area contributed by atoms with E-state index in [9.17, 15) is 9.59 Å². The Bertz CT molecular complexity index is 630. The maximum absolute atomic E-state index is 12.7. The van der Waals surface area contributed by atoms with E-state index >= 15 is 0 Å². The van der Waals surface area contributed by atoms with Gasteiger partial charge >= 0.3 is 0 Å². The maximum atomic E-state index is 12.7. The SMILES string of the molecule is CC1(C)CN(C(=O)c2ccc(CN3CCCC3=O)cc2)CCC1N.Cl. The molecule has 1 atom stereocenters. The molecule has 2 amide bonds. The van der Waals surface area contributed by atoms with Crippen molar-refractivity contribution in [3.8, 4) is 0 Å². The molecule has 0 spiro atoms. The minimum absolute atomic E-state index is 0. The standard InChI is InChI=1S/C19H27N3O2.ClH/c1-19(2)13-22(11-9-16(19)20)18(24)15-7-5-14(6-8-15)12-21-10-3-4-17(21)23;/h5-8,16H,3-4,9-13,20H2,1-2H3;1H. The molecule has 0 aromatic heterocycles. The van der Waals surface area contributed by atoms with Crippen LogP contribution in [0.5, 0.6) is 0 Å². The van der Waals surface area contributed by atoms with Gasteiger partial charge in [-0.3, -0.25) is 9.59 Å². The van der Waals surface area contributed by atoms with Gasteiger partial charge in [-0.25, -0.2) is 0 Å². The van der Waals surface area contributed by atoms with Gasteiger partial charge in [0.15, 0.2) is 0 Å². The summed E-state index contributed by atoms with van der Waals surface area (Å²) in [5.41, 5.74) is 7.88. The van der Waals surface area contributed by atoms with Crippen LogP contribution in [0, 0.1) is 5.41 Å². The highest BCUT2D eigenvalue weighted by Crippen LogP contribution is 2.28. The van der Waals surface area contributed by atoms with Crippen LogP contribution < -0.4 is 5.73 Å². The van der Waals surface area contributed by atoms with Crippen molar-refractivity contribution in [2.45, 2.75) is 45.7 Å². The molecular weight excluding hydrogens is 338 g/mol. The minimum Gasteiger partial charge on any atom is -0.338 e. The summed E-state index contributed by atoms with van der Waals surface area (Å²) in [6, 6.07) is 7.81. The van der Waals surface area contributed by atoms with Crippen LogP contribution in [0.4, 0.5) is 0 Å². The van der Waals surface area contributed by atoms with Crippen molar-refractivity contribution in [1.29, 1.82) is 0 Å². The Balaban J connectivity index is 0.00000225. The maximum Gasteiger partial charge on any atom is 0.253 e. The second kappa shape index (κ2) is 7.75. The summed E-state index contributed by atoms with van der Waals surface area (Å²) < 4.78 is 0. The van der Waals surface area contributed by atoms with Gasteiger partial charge in [-0.2, -0.15) is 0 Å². The number of rotatable bonds is 3. The van der Waals surface area contributed by atoms with Crippen LogP contribution in [0.2, 0.25) is 0 Å². The molecule has 2 fully saturated rings. The molecule has 2 aliphatic heterocycles. The highest BCUT2D eigenvalue weighted by atomic mass is 35.5. The molecule has 1 unspecified atom stereocenters. The van der Waals surface area contributed by atoms with Gasteiger partial charge in [0.05, 0.1) is 0 Å². The van der Waals surface area contributed by atoms with Crippen LogP contribution in [-0.2, 0) is 11.3 Å². The van der Waals surface area contributed by atoms with E-state index in [0.717, 1.165) is 24.9 Å². The van der Waals surface area contributed by atoms with Crippen LogP contribution >= 0.6 is 12.4 Å². The van der Waals surface area contributed by atoms with Crippen LogP contribution in [-0.4, -0.2) is 47.3 Å². The van der Waals surface area contributed by atoms with Gasteiger partial charge < -0.3 is 15.5 Å². The third-order valence-corrected chi connectivity index (χ3v) is 5.35. The van der Waals surface area contributed by atoms with E-state index in [0.29, 0.717) is 31.6 Å². The van der Waals surface area contributed by atoms with Gasteiger partial charge in [-0.1, -0.05) is 26.0 Å². The van der Waals surface area contributed by atoms with Gasteiger partial charge in [-0.05, 0) is 36.0 Å². The lowest BCUT2D eigenvalue weighted by molar-refractivity contribution is -0.128. The molecule has 1 aromatic carbocycles. The number of carbonyl (C=O) groups is 2. The van der Waals surface area contributed by atoms with Crippen LogP contribution in [0.3, 0.4) is 0 Å². The zero-order valence-corrected chi connectivity index (χ0v) is 15.8. The number of piperidine rings is 1. The Kier molecular flexibility index (Phi) is 6.12. The molecule has 0 radical (unpaired) electrons. The van der Waals surface area contributed by atoms with E-state index in [1.165, 1.54) is 0 Å². The van der Waals surface area contributed by atoms with Crippen molar-refractivity contribution in [3.05, 3.63) is 35.4 Å². The molecule has 0 saturated carbocycles.